The molecule has 2 aromatic rings. The van der Waals surface area contributed by atoms with Crippen LogP contribution < -0.4 is 5.73 Å². The van der Waals surface area contributed by atoms with Crippen molar-refractivity contribution in [1.29, 1.82) is 0 Å². The van der Waals surface area contributed by atoms with E-state index in [-0.39, 0.29) is 18.8 Å². The summed E-state index contributed by atoms with van der Waals surface area (Å²) in [5.41, 5.74) is 9.78. The minimum atomic E-state index is -0.426. The molecule has 2 aromatic carbocycles. The molecular weight excluding hydrogens is 352 g/mol. The molecular formula is C23H30N2O3. The highest BCUT2D eigenvalue weighted by atomic mass is 16.7. The average molecular weight is 383 g/mol. The van der Waals surface area contributed by atoms with Crippen molar-refractivity contribution in [3.8, 4) is 0 Å². The van der Waals surface area contributed by atoms with Crippen LogP contribution in [-0.4, -0.2) is 36.2 Å². The molecule has 0 saturated carbocycles. The van der Waals surface area contributed by atoms with Gasteiger partial charge in [0.25, 0.3) is 0 Å². The molecule has 0 unspecified atom stereocenters. The Balaban J connectivity index is 1.80. The SMILES string of the molecule is C=CCN(C)C[C@@H]1C[C@H](c2ccc(CO)cc2)O[C@H](c2ccc(CN)cc2)O1. The molecule has 0 amide bonds. The topological polar surface area (TPSA) is 68.0 Å². The second-order valence-electron chi connectivity index (χ2n) is 7.31. The van der Waals surface area contributed by atoms with E-state index in [0.717, 1.165) is 41.8 Å². The summed E-state index contributed by atoms with van der Waals surface area (Å²) in [6, 6.07) is 16.0. The van der Waals surface area contributed by atoms with Crippen molar-refractivity contribution in [2.75, 3.05) is 20.1 Å². The predicted octanol–water partition coefficient (Wildman–Crippen LogP) is 3.30. The van der Waals surface area contributed by atoms with E-state index in [1.165, 1.54) is 0 Å². The summed E-state index contributed by atoms with van der Waals surface area (Å²) in [5.74, 6) is 0. The fourth-order valence-corrected chi connectivity index (χ4v) is 3.49. The van der Waals surface area contributed by atoms with Crippen molar-refractivity contribution in [2.45, 2.75) is 38.1 Å². The fraction of sp³-hybridized carbons (Fsp3) is 0.391. The van der Waals surface area contributed by atoms with Crippen LogP contribution in [0.2, 0.25) is 0 Å². The lowest BCUT2D eigenvalue weighted by molar-refractivity contribution is -0.252. The predicted molar refractivity (Wildman–Crippen MR) is 110 cm³/mol. The number of aliphatic hydroxyl groups excluding tert-OH is 1. The third-order valence-corrected chi connectivity index (χ3v) is 5.06. The Kier molecular flexibility index (Phi) is 7.36. The molecule has 5 heteroatoms. The number of nitrogens with two attached hydrogens (primary N) is 1. The van der Waals surface area contributed by atoms with Gasteiger partial charge in [-0.2, -0.15) is 0 Å². The van der Waals surface area contributed by atoms with E-state index < -0.39 is 6.29 Å². The van der Waals surface area contributed by atoms with Crippen LogP contribution in [0.1, 0.15) is 41.1 Å². The molecule has 1 heterocycles. The van der Waals surface area contributed by atoms with Crippen molar-refractivity contribution in [1.82, 2.24) is 4.90 Å². The largest absolute Gasteiger partial charge is 0.392 e. The molecule has 5 nitrogen and oxygen atoms in total. The van der Waals surface area contributed by atoms with Gasteiger partial charge in [-0.1, -0.05) is 54.6 Å². The van der Waals surface area contributed by atoms with Gasteiger partial charge in [0.05, 0.1) is 18.8 Å². The maximum Gasteiger partial charge on any atom is 0.184 e. The summed E-state index contributed by atoms with van der Waals surface area (Å²) in [7, 11) is 2.07. The van der Waals surface area contributed by atoms with Crippen LogP contribution in [0.15, 0.2) is 61.2 Å². The molecule has 28 heavy (non-hydrogen) atoms. The van der Waals surface area contributed by atoms with Gasteiger partial charge in [-0.05, 0) is 23.7 Å². The van der Waals surface area contributed by atoms with Crippen molar-refractivity contribution < 1.29 is 14.6 Å². The van der Waals surface area contributed by atoms with Gasteiger partial charge < -0.3 is 25.2 Å². The Hall–Kier alpha value is -2.02. The summed E-state index contributed by atoms with van der Waals surface area (Å²) in [4.78, 5) is 2.20. The Labute approximate surface area is 167 Å². The number of ether oxygens (including phenoxy) is 2. The van der Waals surface area contributed by atoms with E-state index in [1.807, 2.05) is 54.6 Å². The van der Waals surface area contributed by atoms with Crippen molar-refractivity contribution in [3.63, 3.8) is 0 Å². The Morgan fingerprint density at radius 2 is 1.71 bits per heavy atom. The van der Waals surface area contributed by atoms with E-state index in [1.54, 1.807) is 0 Å². The number of nitrogens with zero attached hydrogens (tertiary/aromatic N) is 1. The Morgan fingerprint density at radius 3 is 2.32 bits per heavy atom. The highest BCUT2D eigenvalue weighted by Crippen LogP contribution is 2.38. The standard InChI is InChI=1S/C23H30N2O3/c1-3-12-25(2)15-21-13-22(19-8-6-18(16-26)7-9-19)28-23(27-21)20-10-4-17(14-24)5-11-20/h3-11,21-23,26H,1,12-16,24H2,2H3/t21-,22+,23+/m0/s1. The van der Waals surface area contributed by atoms with Crippen molar-refractivity contribution in [3.05, 3.63) is 83.4 Å². The zero-order valence-electron chi connectivity index (χ0n) is 16.5. The third-order valence-electron chi connectivity index (χ3n) is 5.06. The maximum absolute atomic E-state index is 9.29. The highest BCUT2D eigenvalue weighted by molar-refractivity contribution is 5.26. The van der Waals surface area contributed by atoms with E-state index in [9.17, 15) is 5.11 Å². The summed E-state index contributed by atoms with van der Waals surface area (Å²) < 4.78 is 12.6. The first kappa shape index (κ1) is 20.7. The second kappa shape index (κ2) is 9.96. The van der Waals surface area contributed by atoms with Gasteiger partial charge in [0, 0.05) is 31.6 Å². The van der Waals surface area contributed by atoms with Gasteiger partial charge in [-0.25, -0.2) is 0 Å². The first-order valence-corrected chi connectivity index (χ1v) is 9.72. The molecule has 3 rings (SSSR count). The van der Waals surface area contributed by atoms with Gasteiger partial charge in [-0.15, -0.1) is 6.58 Å². The molecule has 0 bridgehead atoms. The number of likely N-dealkylation sites (N-methyl/N-ethyl adjacent to an activating group) is 1. The van der Waals surface area contributed by atoms with Crippen LogP contribution in [-0.2, 0) is 22.6 Å². The first-order chi connectivity index (χ1) is 13.6. The van der Waals surface area contributed by atoms with Gasteiger partial charge >= 0.3 is 0 Å². The lowest BCUT2D eigenvalue weighted by Crippen LogP contribution is -2.37. The zero-order valence-corrected chi connectivity index (χ0v) is 16.5. The summed E-state index contributed by atoms with van der Waals surface area (Å²) in [5, 5.41) is 9.29. The normalized spacial score (nSPS) is 22.4. The molecule has 3 N–H and O–H groups in total. The lowest BCUT2D eigenvalue weighted by Gasteiger charge is -2.37. The van der Waals surface area contributed by atoms with Crippen LogP contribution in [0.4, 0.5) is 0 Å². The summed E-state index contributed by atoms with van der Waals surface area (Å²) in [6.45, 7) is 5.99. The molecule has 0 aliphatic carbocycles. The van der Waals surface area contributed by atoms with E-state index in [2.05, 4.69) is 18.5 Å². The van der Waals surface area contributed by atoms with E-state index >= 15 is 0 Å². The molecule has 1 aliphatic rings. The van der Waals surface area contributed by atoms with Crippen LogP contribution in [0.5, 0.6) is 0 Å². The van der Waals surface area contributed by atoms with E-state index in [0.29, 0.717) is 6.54 Å². The Bertz CT molecular complexity index is 690. The van der Waals surface area contributed by atoms with Crippen LogP contribution >= 0.6 is 0 Å². The molecule has 1 saturated heterocycles. The molecule has 0 aromatic heterocycles. The quantitative estimate of drug-likeness (QED) is 0.686. The van der Waals surface area contributed by atoms with E-state index in [4.69, 9.17) is 15.2 Å². The molecule has 150 valence electrons. The molecule has 3 atom stereocenters. The monoisotopic (exact) mass is 382 g/mol. The zero-order chi connectivity index (χ0) is 19.9. The lowest BCUT2D eigenvalue weighted by atomic mass is 9.99. The van der Waals surface area contributed by atoms with Crippen LogP contribution in [0, 0.1) is 0 Å². The minimum absolute atomic E-state index is 0.0417. The molecule has 0 spiro atoms. The third kappa shape index (κ3) is 5.28. The molecule has 0 radical (unpaired) electrons. The summed E-state index contributed by atoms with van der Waals surface area (Å²) in [6.07, 6.45) is 2.22. The number of rotatable bonds is 8. The molecule has 1 fully saturated rings. The highest BCUT2D eigenvalue weighted by Gasteiger charge is 2.32. The van der Waals surface area contributed by atoms with Gasteiger partial charge in [0.15, 0.2) is 6.29 Å². The number of hydrogen-bond donors (Lipinski definition) is 2. The second-order valence-corrected chi connectivity index (χ2v) is 7.31. The average Bonchev–Trinajstić information content (AvgIpc) is 2.74. The first-order valence-electron chi connectivity index (χ1n) is 9.72. The number of hydrogen-bond acceptors (Lipinski definition) is 5. The summed E-state index contributed by atoms with van der Waals surface area (Å²) >= 11 is 0. The van der Waals surface area contributed by atoms with Crippen molar-refractivity contribution >= 4 is 0 Å². The van der Waals surface area contributed by atoms with Crippen LogP contribution in [0.25, 0.3) is 0 Å². The van der Waals surface area contributed by atoms with Crippen LogP contribution in [0.3, 0.4) is 0 Å². The minimum Gasteiger partial charge on any atom is -0.392 e. The number of benzene rings is 2. The molecule has 1 aliphatic heterocycles. The van der Waals surface area contributed by atoms with Gasteiger partial charge in [0.2, 0.25) is 0 Å². The smallest absolute Gasteiger partial charge is 0.184 e. The fourth-order valence-electron chi connectivity index (χ4n) is 3.49. The maximum atomic E-state index is 9.29. The van der Waals surface area contributed by atoms with Gasteiger partial charge in [-0.3, -0.25) is 0 Å². The number of aliphatic hydroxyl groups is 1. The van der Waals surface area contributed by atoms with Gasteiger partial charge in [0.1, 0.15) is 0 Å². The Morgan fingerprint density at radius 1 is 1.07 bits per heavy atom. The van der Waals surface area contributed by atoms with Crippen molar-refractivity contribution in [2.24, 2.45) is 5.73 Å².